The van der Waals surface area contributed by atoms with Crippen LogP contribution in [0.15, 0.2) is 0 Å². The van der Waals surface area contributed by atoms with Gasteiger partial charge in [-0.3, -0.25) is 9.63 Å². The number of carbonyl (C=O) groups is 1. The van der Waals surface area contributed by atoms with Crippen molar-refractivity contribution in [1.29, 1.82) is 0 Å². The Balaban J connectivity index is 2.43. The van der Waals surface area contributed by atoms with Crippen molar-refractivity contribution in [3.8, 4) is 0 Å². The smallest absolute Gasteiger partial charge is 0.263 e. The third-order valence-corrected chi connectivity index (χ3v) is 1.96. The molecule has 0 aromatic carbocycles. The number of hydrogen-bond donors (Lipinski definition) is 1. The summed E-state index contributed by atoms with van der Waals surface area (Å²) in [4.78, 5) is 16.0. The quantitative estimate of drug-likeness (QED) is 0.588. The number of amides is 1. The summed E-state index contributed by atoms with van der Waals surface area (Å²) < 4.78 is 12.6. The molecule has 1 aliphatic rings. The minimum absolute atomic E-state index is 0.224. The van der Waals surface area contributed by atoms with E-state index in [9.17, 15) is 9.18 Å². The Morgan fingerprint density at radius 3 is 2.83 bits per heavy atom. The van der Waals surface area contributed by atoms with Gasteiger partial charge in [-0.2, -0.15) is 0 Å². The fourth-order valence-electron chi connectivity index (χ4n) is 1.19. The first-order valence-corrected chi connectivity index (χ1v) is 3.84. The van der Waals surface area contributed by atoms with Gasteiger partial charge in [0.05, 0.1) is 13.2 Å². The van der Waals surface area contributed by atoms with Gasteiger partial charge >= 0.3 is 0 Å². The second-order valence-electron chi connectivity index (χ2n) is 2.81. The summed E-state index contributed by atoms with van der Waals surface area (Å²) in [5.41, 5.74) is 0. The molecule has 0 aliphatic carbocycles. The molecule has 2 atom stereocenters. The highest BCUT2D eigenvalue weighted by molar-refractivity contribution is 5.81. The van der Waals surface area contributed by atoms with Crippen molar-refractivity contribution in [2.75, 3.05) is 20.7 Å². The highest BCUT2D eigenvalue weighted by Gasteiger charge is 2.31. The molecule has 0 aromatic heterocycles. The molecule has 0 radical (unpaired) electrons. The van der Waals surface area contributed by atoms with E-state index in [1.54, 1.807) is 0 Å². The Kier molecular flexibility index (Phi) is 2.99. The lowest BCUT2D eigenvalue weighted by atomic mass is 10.2. The summed E-state index contributed by atoms with van der Waals surface area (Å²) >= 11 is 0. The summed E-state index contributed by atoms with van der Waals surface area (Å²) in [6.45, 7) is 0.258. The van der Waals surface area contributed by atoms with Crippen molar-refractivity contribution >= 4 is 5.91 Å². The van der Waals surface area contributed by atoms with Gasteiger partial charge in [0.25, 0.3) is 5.91 Å². The van der Waals surface area contributed by atoms with E-state index in [-0.39, 0.29) is 18.9 Å². The summed E-state index contributed by atoms with van der Waals surface area (Å²) in [6, 6.07) is -0.426. The van der Waals surface area contributed by atoms with Crippen molar-refractivity contribution < 1.29 is 14.0 Å². The summed E-state index contributed by atoms with van der Waals surface area (Å²) in [5.74, 6) is -0.224. The molecular formula is C7H13FN2O2. The number of likely N-dealkylation sites (N-methyl/N-ethyl adjacent to an activating group) is 1. The number of hydrogen-bond acceptors (Lipinski definition) is 3. The number of rotatable bonds is 2. The van der Waals surface area contributed by atoms with Crippen LogP contribution in [0.1, 0.15) is 6.42 Å². The zero-order chi connectivity index (χ0) is 9.14. The van der Waals surface area contributed by atoms with Crippen molar-refractivity contribution in [2.45, 2.75) is 18.6 Å². The maximum Gasteiger partial charge on any atom is 0.263 e. The standard InChI is InChI=1S/C7H13FN2O2/c1-10(12-2)7(11)6-3-5(8)4-9-6/h5-6,9H,3-4H2,1-2H3/t5-,6+/m1/s1. The predicted molar refractivity (Wildman–Crippen MR) is 41.1 cm³/mol. The fourth-order valence-corrected chi connectivity index (χ4v) is 1.19. The van der Waals surface area contributed by atoms with Crippen LogP contribution < -0.4 is 5.32 Å². The van der Waals surface area contributed by atoms with E-state index in [1.807, 2.05) is 0 Å². The molecule has 5 heteroatoms. The number of hydroxylamine groups is 2. The minimum Gasteiger partial charge on any atom is -0.303 e. The van der Waals surface area contributed by atoms with E-state index in [1.165, 1.54) is 14.2 Å². The fraction of sp³-hybridized carbons (Fsp3) is 0.857. The molecule has 70 valence electrons. The Labute approximate surface area is 70.6 Å². The molecule has 0 aromatic rings. The first-order chi connectivity index (χ1) is 5.65. The summed E-state index contributed by atoms with van der Waals surface area (Å²) in [5, 5.41) is 3.88. The zero-order valence-corrected chi connectivity index (χ0v) is 7.21. The van der Waals surface area contributed by atoms with Crippen LogP contribution >= 0.6 is 0 Å². The number of nitrogens with one attached hydrogen (secondary N) is 1. The largest absolute Gasteiger partial charge is 0.303 e. The molecule has 1 N–H and O–H groups in total. The molecule has 1 aliphatic heterocycles. The monoisotopic (exact) mass is 176 g/mol. The third kappa shape index (κ3) is 1.92. The molecule has 1 saturated heterocycles. The molecule has 4 nitrogen and oxygen atoms in total. The number of halogens is 1. The van der Waals surface area contributed by atoms with Gasteiger partial charge in [0.15, 0.2) is 0 Å². The van der Waals surface area contributed by atoms with E-state index in [4.69, 9.17) is 0 Å². The van der Waals surface area contributed by atoms with Crippen molar-refractivity contribution in [3.63, 3.8) is 0 Å². The molecule has 0 bridgehead atoms. The van der Waals surface area contributed by atoms with Gasteiger partial charge in [-0.25, -0.2) is 9.45 Å². The van der Waals surface area contributed by atoms with Gasteiger partial charge < -0.3 is 5.32 Å². The van der Waals surface area contributed by atoms with Gasteiger partial charge in [-0.05, 0) is 0 Å². The van der Waals surface area contributed by atoms with Crippen molar-refractivity contribution in [1.82, 2.24) is 10.4 Å². The van der Waals surface area contributed by atoms with Gasteiger partial charge in [0.1, 0.15) is 6.17 Å². The molecule has 1 amide bonds. The van der Waals surface area contributed by atoms with Crippen LogP contribution in [0.4, 0.5) is 4.39 Å². The van der Waals surface area contributed by atoms with Gasteiger partial charge in [0, 0.05) is 20.0 Å². The van der Waals surface area contributed by atoms with Crippen LogP contribution in [0.5, 0.6) is 0 Å². The van der Waals surface area contributed by atoms with Crippen molar-refractivity contribution in [3.05, 3.63) is 0 Å². The van der Waals surface area contributed by atoms with E-state index >= 15 is 0 Å². The second kappa shape index (κ2) is 3.82. The SMILES string of the molecule is CON(C)C(=O)[C@@H]1C[C@@H](F)CN1. The van der Waals surface area contributed by atoms with Gasteiger partial charge in [-0.15, -0.1) is 0 Å². The summed E-state index contributed by atoms with van der Waals surface area (Å²) in [7, 11) is 2.91. The number of alkyl halides is 1. The number of carbonyl (C=O) groups excluding carboxylic acids is 1. The van der Waals surface area contributed by atoms with Crippen LogP contribution in [-0.4, -0.2) is 43.9 Å². The van der Waals surface area contributed by atoms with E-state index < -0.39 is 12.2 Å². The van der Waals surface area contributed by atoms with Gasteiger partial charge in [-0.1, -0.05) is 0 Å². The van der Waals surface area contributed by atoms with Gasteiger partial charge in [0.2, 0.25) is 0 Å². The van der Waals surface area contributed by atoms with E-state index in [2.05, 4.69) is 10.2 Å². The minimum atomic E-state index is -0.913. The summed E-state index contributed by atoms with van der Waals surface area (Å²) in [6.07, 6.45) is -0.670. The highest BCUT2D eigenvalue weighted by atomic mass is 19.1. The molecule has 12 heavy (non-hydrogen) atoms. The first-order valence-electron chi connectivity index (χ1n) is 3.84. The Morgan fingerprint density at radius 2 is 2.42 bits per heavy atom. The average Bonchev–Trinajstić information content (AvgIpc) is 2.49. The highest BCUT2D eigenvalue weighted by Crippen LogP contribution is 2.11. The van der Waals surface area contributed by atoms with Crippen LogP contribution in [0.3, 0.4) is 0 Å². The van der Waals surface area contributed by atoms with Crippen LogP contribution in [-0.2, 0) is 9.63 Å². The molecule has 1 heterocycles. The number of nitrogens with zero attached hydrogens (tertiary/aromatic N) is 1. The zero-order valence-electron chi connectivity index (χ0n) is 7.21. The Morgan fingerprint density at radius 1 is 1.75 bits per heavy atom. The van der Waals surface area contributed by atoms with Crippen molar-refractivity contribution in [2.24, 2.45) is 0 Å². The topological polar surface area (TPSA) is 41.6 Å². The molecule has 0 saturated carbocycles. The lowest BCUT2D eigenvalue weighted by molar-refractivity contribution is -0.170. The molecular weight excluding hydrogens is 163 g/mol. The maximum atomic E-state index is 12.6. The van der Waals surface area contributed by atoms with Crippen LogP contribution in [0.25, 0.3) is 0 Å². The maximum absolute atomic E-state index is 12.6. The van der Waals surface area contributed by atoms with Crippen LogP contribution in [0, 0.1) is 0 Å². The molecule has 0 unspecified atom stereocenters. The average molecular weight is 176 g/mol. The van der Waals surface area contributed by atoms with Crippen LogP contribution in [0.2, 0.25) is 0 Å². The molecule has 1 fully saturated rings. The second-order valence-corrected chi connectivity index (χ2v) is 2.81. The Hall–Kier alpha value is -0.680. The lowest BCUT2D eigenvalue weighted by Gasteiger charge is -2.17. The Bertz CT molecular complexity index is 177. The first kappa shape index (κ1) is 9.41. The molecule has 1 rings (SSSR count). The third-order valence-electron chi connectivity index (χ3n) is 1.96. The van der Waals surface area contributed by atoms with E-state index in [0.717, 1.165) is 5.06 Å². The molecule has 0 spiro atoms. The lowest BCUT2D eigenvalue weighted by Crippen LogP contribution is -2.40. The predicted octanol–water partition coefficient (Wildman–Crippen LogP) is -0.294. The van der Waals surface area contributed by atoms with E-state index in [0.29, 0.717) is 0 Å². The normalized spacial score (nSPS) is 28.9.